The van der Waals surface area contributed by atoms with E-state index in [1.807, 2.05) is 24.3 Å². The van der Waals surface area contributed by atoms with Gasteiger partial charge in [-0.15, -0.1) is 0 Å². The van der Waals surface area contributed by atoms with E-state index in [0.29, 0.717) is 0 Å². The number of fused-ring (bicyclic) bond motifs is 15. The quantitative estimate of drug-likeness (QED) is 0.101. The van der Waals surface area contributed by atoms with Gasteiger partial charge in [-0.2, -0.15) is 0 Å². The summed E-state index contributed by atoms with van der Waals surface area (Å²) in [5.74, 6) is 0. The van der Waals surface area contributed by atoms with Crippen LogP contribution in [0.5, 0.6) is 0 Å². The van der Waals surface area contributed by atoms with E-state index in [1.165, 1.54) is 38.4 Å². The molecule has 2 heterocycles. The number of furan rings is 2. The van der Waals surface area contributed by atoms with Crippen LogP contribution in [0.2, 0.25) is 0 Å². The van der Waals surface area contributed by atoms with Gasteiger partial charge < -0.3 is 18.6 Å². The second-order valence-electron chi connectivity index (χ2n) is 20.4. The summed E-state index contributed by atoms with van der Waals surface area (Å²) in [6, 6.07) is 89.9. The topological polar surface area (TPSA) is 32.8 Å². The lowest BCUT2D eigenvalue weighted by molar-refractivity contribution is 0.668. The maximum absolute atomic E-state index is 6.51. The van der Waals surface area contributed by atoms with Gasteiger partial charge in [0, 0.05) is 67.8 Å². The minimum Gasteiger partial charge on any atom is -0.456 e. The molecular formula is C74H50N2O2. The van der Waals surface area contributed by atoms with Crippen molar-refractivity contribution in [3.63, 3.8) is 0 Å². The van der Waals surface area contributed by atoms with Gasteiger partial charge in [-0.3, -0.25) is 0 Å². The van der Waals surface area contributed by atoms with Crippen LogP contribution in [0.1, 0.15) is 23.6 Å². The monoisotopic (exact) mass is 998 g/mol. The standard InChI is InChI=1S/C74H50N2O2/c1-3-4-8-21-48(2)74(51-22-9-5-10-23-51)67-44-50-42-54(75(52-24-11-6-12-25-52)56-36-39-61-59-29-17-19-32-68(59)77-70(61)46-56)35-34-49(50)43-66(67)72-63-31-16-15-28-58(63)65-45-55(38-41-64(65)73(72)74)76(53-26-13-7-14-27-53)57-37-40-62-60-30-18-20-33-69(60)78-71(62)47-57/h3-47H,2H2,1H3/b4-3-,21-8-. The van der Waals surface area contributed by atoms with Gasteiger partial charge in [0.25, 0.3) is 0 Å². The van der Waals surface area contributed by atoms with Gasteiger partial charge in [-0.1, -0.05) is 170 Å². The third-order valence-electron chi connectivity index (χ3n) is 16.1. The van der Waals surface area contributed by atoms with E-state index in [1.54, 1.807) is 0 Å². The van der Waals surface area contributed by atoms with E-state index >= 15 is 0 Å². The Kier molecular flexibility index (Phi) is 10.4. The summed E-state index contributed by atoms with van der Waals surface area (Å²) in [6.07, 6.45) is 8.53. The summed E-state index contributed by atoms with van der Waals surface area (Å²) < 4.78 is 13.0. The molecular weight excluding hydrogens is 949 g/mol. The smallest absolute Gasteiger partial charge is 0.137 e. The van der Waals surface area contributed by atoms with Crippen molar-refractivity contribution in [3.8, 4) is 11.1 Å². The van der Waals surface area contributed by atoms with Crippen LogP contribution in [-0.4, -0.2) is 0 Å². The predicted molar refractivity (Wildman–Crippen MR) is 328 cm³/mol. The number of hydrogen-bond donors (Lipinski definition) is 0. The fraction of sp³-hybridized carbons (Fsp3) is 0.0270. The van der Waals surface area contributed by atoms with Crippen LogP contribution in [0, 0.1) is 0 Å². The lowest BCUT2D eigenvalue weighted by Crippen LogP contribution is -2.29. The van der Waals surface area contributed by atoms with Crippen molar-refractivity contribution in [2.45, 2.75) is 12.3 Å². The van der Waals surface area contributed by atoms with Crippen LogP contribution in [-0.2, 0) is 5.41 Å². The molecule has 2 aromatic heterocycles. The minimum atomic E-state index is -0.797. The molecule has 4 heteroatoms. The summed E-state index contributed by atoms with van der Waals surface area (Å²) >= 11 is 0. The van der Waals surface area contributed by atoms with Crippen LogP contribution in [0.25, 0.3) is 87.3 Å². The lowest BCUT2D eigenvalue weighted by Gasteiger charge is -2.35. The highest BCUT2D eigenvalue weighted by Crippen LogP contribution is 2.61. The minimum absolute atomic E-state index is 0.797. The molecule has 368 valence electrons. The van der Waals surface area contributed by atoms with Crippen LogP contribution in [0.15, 0.2) is 294 Å². The molecule has 0 saturated carbocycles. The van der Waals surface area contributed by atoms with Crippen LogP contribution in [0.4, 0.5) is 34.1 Å². The van der Waals surface area contributed by atoms with Crippen molar-refractivity contribution in [1.29, 1.82) is 0 Å². The van der Waals surface area contributed by atoms with Gasteiger partial charge in [0.2, 0.25) is 0 Å². The van der Waals surface area contributed by atoms with Gasteiger partial charge in [-0.05, 0) is 170 Å². The molecule has 1 aliphatic carbocycles. The van der Waals surface area contributed by atoms with Crippen molar-refractivity contribution in [2.75, 3.05) is 9.80 Å². The number of hydrogen-bond acceptors (Lipinski definition) is 4. The number of anilines is 6. The first-order valence-corrected chi connectivity index (χ1v) is 26.7. The second-order valence-corrected chi connectivity index (χ2v) is 20.4. The molecule has 0 aliphatic heterocycles. The van der Waals surface area contributed by atoms with Crippen LogP contribution in [0.3, 0.4) is 0 Å². The Morgan fingerprint density at radius 3 is 1.47 bits per heavy atom. The molecule has 15 rings (SSSR count). The number of allylic oxidation sites excluding steroid dienone is 5. The fourth-order valence-electron chi connectivity index (χ4n) is 12.7. The molecule has 0 spiro atoms. The van der Waals surface area contributed by atoms with Gasteiger partial charge in [0.05, 0.1) is 5.41 Å². The number of rotatable bonds is 10. The molecule has 1 aliphatic rings. The Labute approximate surface area is 451 Å². The first-order chi connectivity index (χ1) is 38.5. The normalized spacial score (nSPS) is 14.2. The van der Waals surface area contributed by atoms with E-state index in [9.17, 15) is 0 Å². The number of para-hydroxylation sites is 4. The molecule has 0 bridgehead atoms. The van der Waals surface area contributed by atoms with Crippen molar-refractivity contribution in [2.24, 2.45) is 0 Å². The Balaban J connectivity index is 0.977. The third-order valence-corrected chi connectivity index (χ3v) is 16.1. The zero-order valence-corrected chi connectivity index (χ0v) is 42.9. The van der Waals surface area contributed by atoms with Gasteiger partial charge in [0.15, 0.2) is 0 Å². The predicted octanol–water partition coefficient (Wildman–Crippen LogP) is 20.9. The molecule has 0 amide bonds. The van der Waals surface area contributed by atoms with Gasteiger partial charge in [0.1, 0.15) is 22.3 Å². The summed E-state index contributed by atoms with van der Waals surface area (Å²) in [5, 5.41) is 11.4. The maximum atomic E-state index is 6.51. The molecule has 0 saturated heterocycles. The van der Waals surface area contributed by atoms with Crippen molar-refractivity contribution in [3.05, 3.63) is 302 Å². The van der Waals surface area contributed by atoms with E-state index in [2.05, 4.69) is 265 Å². The van der Waals surface area contributed by atoms with E-state index in [4.69, 9.17) is 15.4 Å². The highest BCUT2D eigenvalue weighted by atomic mass is 16.3. The van der Waals surface area contributed by atoms with Crippen LogP contribution >= 0.6 is 0 Å². The molecule has 0 fully saturated rings. The Bertz CT molecular complexity index is 4780. The number of benzene rings is 12. The molecule has 1 unspecified atom stereocenters. The Morgan fingerprint density at radius 2 is 0.872 bits per heavy atom. The highest BCUT2D eigenvalue weighted by molar-refractivity contribution is 6.21. The Hall–Kier alpha value is -10.2. The number of nitrogens with zero attached hydrogens (tertiary/aromatic N) is 2. The van der Waals surface area contributed by atoms with Crippen molar-refractivity contribution < 1.29 is 8.83 Å². The molecule has 0 radical (unpaired) electrons. The molecule has 78 heavy (non-hydrogen) atoms. The Morgan fingerprint density at radius 1 is 0.385 bits per heavy atom. The van der Waals surface area contributed by atoms with E-state index in [-0.39, 0.29) is 0 Å². The largest absolute Gasteiger partial charge is 0.456 e. The SMILES string of the molecule is C=C(/C=C\C=C/C)C1(c2ccccc2)c2cc3cc(N(c4ccccc4)c4ccc5c(c4)oc4ccccc45)ccc3cc2-c2c1c1ccc(N(c3ccccc3)c3ccc4c(c3)oc3ccccc34)cc1c1ccccc21. The van der Waals surface area contributed by atoms with Crippen LogP contribution < -0.4 is 9.80 Å². The van der Waals surface area contributed by atoms with Crippen molar-refractivity contribution >= 4 is 110 Å². The lowest BCUT2D eigenvalue weighted by atomic mass is 9.66. The third kappa shape index (κ3) is 6.93. The molecule has 4 nitrogen and oxygen atoms in total. The van der Waals surface area contributed by atoms with Gasteiger partial charge >= 0.3 is 0 Å². The average Bonchev–Trinajstić information content (AvgIpc) is 4.34. The summed E-state index contributed by atoms with van der Waals surface area (Å²) in [7, 11) is 0. The molecule has 12 aromatic carbocycles. The maximum Gasteiger partial charge on any atom is 0.137 e. The summed E-state index contributed by atoms with van der Waals surface area (Å²) in [6.45, 7) is 7.16. The van der Waals surface area contributed by atoms with E-state index < -0.39 is 5.41 Å². The van der Waals surface area contributed by atoms with E-state index in [0.717, 1.165) is 105 Å². The fourth-order valence-corrected chi connectivity index (χ4v) is 12.7. The zero-order chi connectivity index (χ0) is 51.9. The van der Waals surface area contributed by atoms with Crippen molar-refractivity contribution in [1.82, 2.24) is 0 Å². The first kappa shape index (κ1) is 45.3. The molecule has 14 aromatic rings. The average molecular weight is 999 g/mol. The highest BCUT2D eigenvalue weighted by Gasteiger charge is 2.48. The summed E-state index contributed by atoms with van der Waals surface area (Å²) in [5.41, 5.74) is 15.9. The second kappa shape index (κ2) is 18.0. The van der Waals surface area contributed by atoms with Gasteiger partial charge in [-0.25, -0.2) is 0 Å². The summed E-state index contributed by atoms with van der Waals surface area (Å²) in [4.78, 5) is 4.69. The first-order valence-electron chi connectivity index (χ1n) is 26.7. The molecule has 0 N–H and O–H groups in total. The molecule has 1 atom stereocenters. The zero-order valence-electron chi connectivity index (χ0n) is 42.9.